The number of nitrogens with one attached hydrogen (secondary N) is 1. The number of amides is 1. The summed E-state index contributed by atoms with van der Waals surface area (Å²) in [5.41, 5.74) is 3.82. The third-order valence-electron chi connectivity index (χ3n) is 3.68. The zero-order valence-electron chi connectivity index (χ0n) is 16.1. The number of hydrogen-bond donors (Lipinski definition) is 2. The molecule has 0 fully saturated rings. The van der Waals surface area contributed by atoms with Gasteiger partial charge in [0.1, 0.15) is 12.2 Å². The van der Waals surface area contributed by atoms with E-state index in [9.17, 15) is 9.90 Å². The van der Waals surface area contributed by atoms with Gasteiger partial charge in [0.2, 0.25) is 0 Å². The van der Waals surface area contributed by atoms with E-state index in [-0.39, 0.29) is 18.9 Å². The van der Waals surface area contributed by atoms with Gasteiger partial charge in [0, 0.05) is 0 Å². The fourth-order valence-electron chi connectivity index (χ4n) is 2.57. The Morgan fingerprint density at radius 3 is 2.46 bits per heavy atom. The summed E-state index contributed by atoms with van der Waals surface area (Å²) < 4.78 is 10.7. The fraction of sp³-hybridized carbons (Fsp3) is 0.381. The highest BCUT2D eigenvalue weighted by molar-refractivity contribution is 5.70. The number of benzene rings is 2. The van der Waals surface area contributed by atoms with Gasteiger partial charge in [-0.3, -0.25) is 0 Å². The Bertz CT molecular complexity index is 778. The van der Waals surface area contributed by atoms with Crippen LogP contribution in [0.5, 0.6) is 11.5 Å². The number of phenols is 1. The minimum absolute atomic E-state index is 0.0692. The van der Waals surface area contributed by atoms with Gasteiger partial charge >= 0.3 is 6.09 Å². The number of aryl methyl sites for hydroxylation is 2. The van der Waals surface area contributed by atoms with Gasteiger partial charge in [-0.05, 0) is 63.4 Å². The lowest BCUT2D eigenvalue weighted by Gasteiger charge is -2.19. The van der Waals surface area contributed by atoms with E-state index in [2.05, 4.69) is 18.3 Å². The topological polar surface area (TPSA) is 67.8 Å². The van der Waals surface area contributed by atoms with Gasteiger partial charge in [0.05, 0.1) is 6.54 Å². The number of aromatic hydroxyl groups is 1. The number of phenolic OH excluding ortho intramolecular Hbond substituents is 1. The molecule has 2 aromatic carbocycles. The van der Waals surface area contributed by atoms with Crippen molar-refractivity contribution in [1.29, 1.82) is 0 Å². The highest BCUT2D eigenvalue weighted by Crippen LogP contribution is 2.33. The van der Waals surface area contributed by atoms with Crippen molar-refractivity contribution in [2.24, 2.45) is 0 Å². The Morgan fingerprint density at radius 1 is 1.12 bits per heavy atom. The van der Waals surface area contributed by atoms with E-state index in [0.717, 1.165) is 16.7 Å². The van der Waals surface area contributed by atoms with E-state index in [1.807, 2.05) is 25.1 Å². The van der Waals surface area contributed by atoms with Crippen molar-refractivity contribution in [3.8, 4) is 22.6 Å². The lowest BCUT2D eigenvalue weighted by molar-refractivity contribution is 0.0520. The van der Waals surface area contributed by atoms with Crippen molar-refractivity contribution in [3.63, 3.8) is 0 Å². The first-order valence-electron chi connectivity index (χ1n) is 8.66. The van der Waals surface area contributed by atoms with Gasteiger partial charge in [-0.1, -0.05) is 29.8 Å². The highest BCUT2D eigenvalue weighted by atomic mass is 16.6. The molecule has 0 heterocycles. The molecule has 140 valence electrons. The van der Waals surface area contributed by atoms with E-state index >= 15 is 0 Å². The average Bonchev–Trinajstić information content (AvgIpc) is 2.51. The van der Waals surface area contributed by atoms with E-state index in [0.29, 0.717) is 5.75 Å². The molecule has 0 aliphatic heterocycles. The minimum Gasteiger partial charge on any atom is -0.504 e. The zero-order chi connectivity index (χ0) is 19.3. The van der Waals surface area contributed by atoms with Crippen LogP contribution in [-0.4, -0.2) is 30.0 Å². The predicted molar refractivity (Wildman–Crippen MR) is 103 cm³/mol. The largest absolute Gasteiger partial charge is 0.504 e. The second kappa shape index (κ2) is 8.13. The molecule has 26 heavy (non-hydrogen) atoms. The van der Waals surface area contributed by atoms with Gasteiger partial charge in [0.15, 0.2) is 11.5 Å². The summed E-state index contributed by atoms with van der Waals surface area (Å²) >= 11 is 0. The molecule has 5 heteroatoms. The van der Waals surface area contributed by atoms with Crippen LogP contribution in [0.15, 0.2) is 36.4 Å². The van der Waals surface area contributed by atoms with Crippen LogP contribution < -0.4 is 10.1 Å². The Balaban J connectivity index is 1.93. The molecule has 0 aliphatic rings. The molecule has 0 aliphatic carbocycles. The summed E-state index contributed by atoms with van der Waals surface area (Å²) in [6.07, 6.45) is -0.490. The Morgan fingerprint density at radius 2 is 1.85 bits per heavy atom. The van der Waals surface area contributed by atoms with E-state index in [4.69, 9.17) is 9.47 Å². The Kier molecular flexibility index (Phi) is 6.14. The van der Waals surface area contributed by atoms with Crippen LogP contribution in [0, 0.1) is 13.8 Å². The molecule has 2 rings (SSSR count). The SMILES string of the molecule is Cc1ccc(-c2ccc(OCCNC(=O)OC(C)(C)C)c(O)c2)c(C)c1. The van der Waals surface area contributed by atoms with Gasteiger partial charge in [-0.15, -0.1) is 0 Å². The summed E-state index contributed by atoms with van der Waals surface area (Å²) in [6.45, 7) is 10.0. The van der Waals surface area contributed by atoms with Crippen molar-refractivity contribution in [1.82, 2.24) is 5.32 Å². The molecule has 1 amide bonds. The molecule has 0 unspecified atom stereocenters. The Hall–Kier alpha value is -2.69. The Labute approximate surface area is 155 Å². The van der Waals surface area contributed by atoms with E-state index in [1.54, 1.807) is 32.9 Å². The van der Waals surface area contributed by atoms with Crippen LogP contribution in [-0.2, 0) is 4.74 Å². The summed E-state index contributed by atoms with van der Waals surface area (Å²) in [5, 5.41) is 12.8. The van der Waals surface area contributed by atoms with Gasteiger partial charge in [0.25, 0.3) is 0 Å². The monoisotopic (exact) mass is 357 g/mol. The molecule has 0 saturated heterocycles. The fourth-order valence-corrected chi connectivity index (χ4v) is 2.57. The maximum Gasteiger partial charge on any atom is 0.407 e. The highest BCUT2D eigenvalue weighted by Gasteiger charge is 2.15. The van der Waals surface area contributed by atoms with Crippen LogP contribution in [0.3, 0.4) is 0 Å². The molecule has 0 aromatic heterocycles. The van der Waals surface area contributed by atoms with Gasteiger partial charge in [-0.2, -0.15) is 0 Å². The minimum atomic E-state index is -0.535. The molecule has 0 saturated carbocycles. The first kappa shape index (κ1) is 19.6. The number of ether oxygens (including phenoxy) is 2. The molecular weight excluding hydrogens is 330 g/mol. The first-order valence-corrected chi connectivity index (χ1v) is 8.66. The van der Waals surface area contributed by atoms with Crippen LogP contribution >= 0.6 is 0 Å². The van der Waals surface area contributed by atoms with E-state index < -0.39 is 11.7 Å². The average molecular weight is 357 g/mol. The standard InChI is InChI=1S/C21H27NO4/c1-14-6-8-17(15(2)12-14)16-7-9-19(18(23)13-16)25-11-10-22-20(24)26-21(3,4)5/h6-9,12-13,23H,10-11H2,1-5H3,(H,22,24). The molecule has 0 spiro atoms. The van der Waals surface area contributed by atoms with Crippen molar-refractivity contribution < 1.29 is 19.4 Å². The zero-order valence-corrected chi connectivity index (χ0v) is 16.1. The number of carbonyl (C=O) groups excluding carboxylic acids is 1. The van der Waals surface area contributed by atoms with Crippen molar-refractivity contribution in [3.05, 3.63) is 47.5 Å². The summed E-state index contributed by atoms with van der Waals surface area (Å²) in [7, 11) is 0. The molecule has 0 atom stereocenters. The number of carbonyl (C=O) groups is 1. The van der Waals surface area contributed by atoms with Crippen LogP contribution in [0.2, 0.25) is 0 Å². The predicted octanol–water partition coefficient (Wildman–Crippen LogP) is 4.58. The molecule has 0 bridgehead atoms. The smallest absolute Gasteiger partial charge is 0.407 e. The van der Waals surface area contributed by atoms with Crippen molar-refractivity contribution >= 4 is 6.09 Å². The van der Waals surface area contributed by atoms with Crippen molar-refractivity contribution in [2.75, 3.05) is 13.2 Å². The molecular formula is C21H27NO4. The summed E-state index contributed by atoms with van der Waals surface area (Å²) in [4.78, 5) is 11.6. The van der Waals surface area contributed by atoms with Crippen LogP contribution in [0.1, 0.15) is 31.9 Å². The molecule has 0 radical (unpaired) electrons. The van der Waals surface area contributed by atoms with E-state index in [1.165, 1.54) is 5.56 Å². The third-order valence-corrected chi connectivity index (χ3v) is 3.68. The summed E-state index contributed by atoms with van der Waals surface area (Å²) in [5.74, 6) is 0.448. The first-order chi connectivity index (χ1) is 12.2. The third kappa shape index (κ3) is 5.69. The lowest BCUT2D eigenvalue weighted by atomic mass is 9.98. The van der Waals surface area contributed by atoms with Crippen LogP contribution in [0.4, 0.5) is 4.79 Å². The molecule has 5 nitrogen and oxygen atoms in total. The molecule has 2 aromatic rings. The van der Waals surface area contributed by atoms with Gasteiger partial charge < -0.3 is 19.9 Å². The number of alkyl carbamates (subject to hydrolysis) is 1. The number of rotatable bonds is 5. The van der Waals surface area contributed by atoms with Gasteiger partial charge in [-0.25, -0.2) is 4.79 Å². The van der Waals surface area contributed by atoms with Crippen molar-refractivity contribution in [2.45, 2.75) is 40.2 Å². The summed E-state index contributed by atoms with van der Waals surface area (Å²) in [6, 6.07) is 11.5. The second-order valence-electron chi connectivity index (χ2n) is 7.28. The second-order valence-corrected chi connectivity index (χ2v) is 7.28. The van der Waals surface area contributed by atoms with Crippen LogP contribution in [0.25, 0.3) is 11.1 Å². The maximum atomic E-state index is 11.6. The molecule has 2 N–H and O–H groups in total. The normalized spacial score (nSPS) is 11.1. The quantitative estimate of drug-likeness (QED) is 0.769. The lowest BCUT2D eigenvalue weighted by Crippen LogP contribution is -2.34. The number of hydrogen-bond acceptors (Lipinski definition) is 4. The maximum absolute atomic E-state index is 11.6.